The van der Waals surface area contributed by atoms with E-state index in [2.05, 4.69) is 5.32 Å². The first-order chi connectivity index (χ1) is 11.2. The van der Waals surface area contributed by atoms with Crippen LogP contribution < -0.4 is 5.32 Å². The Bertz CT molecular complexity index is 540. The topological polar surface area (TPSA) is 58.6 Å². The van der Waals surface area contributed by atoms with Gasteiger partial charge in [0.25, 0.3) is 0 Å². The van der Waals surface area contributed by atoms with Gasteiger partial charge in [0, 0.05) is 38.6 Å². The Balaban J connectivity index is 1.51. The second kappa shape index (κ2) is 7.59. The molecule has 1 aromatic carbocycles. The minimum atomic E-state index is 0.00667. The van der Waals surface area contributed by atoms with Gasteiger partial charge in [-0.25, -0.2) is 0 Å². The molecular weight excluding hydrogens is 292 g/mol. The molecule has 5 nitrogen and oxygen atoms in total. The van der Waals surface area contributed by atoms with Crippen LogP contribution in [0.15, 0.2) is 30.3 Å². The van der Waals surface area contributed by atoms with E-state index in [0.717, 1.165) is 31.4 Å². The van der Waals surface area contributed by atoms with Gasteiger partial charge in [0.1, 0.15) is 0 Å². The number of likely N-dealkylation sites (tertiary alicyclic amines) is 1. The highest BCUT2D eigenvalue weighted by Gasteiger charge is 2.32. The summed E-state index contributed by atoms with van der Waals surface area (Å²) >= 11 is 0. The molecule has 2 unspecified atom stereocenters. The molecule has 0 aliphatic carbocycles. The minimum Gasteiger partial charge on any atom is -0.376 e. The first kappa shape index (κ1) is 16.0. The minimum absolute atomic E-state index is 0.00667. The van der Waals surface area contributed by atoms with E-state index in [4.69, 9.17) is 4.74 Å². The highest BCUT2D eigenvalue weighted by Crippen LogP contribution is 2.23. The Morgan fingerprint density at radius 2 is 2.09 bits per heavy atom. The number of hydrogen-bond donors (Lipinski definition) is 1. The lowest BCUT2D eigenvalue weighted by Gasteiger charge is -2.25. The fourth-order valence-electron chi connectivity index (χ4n) is 3.32. The van der Waals surface area contributed by atoms with Crippen LogP contribution >= 0.6 is 0 Å². The van der Waals surface area contributed by atoms with Crippen molar-refractivity contribution in [3.63, 3.8) is 0 Å². The van der Waals surface area contributed by atoms with Crippen LogP contribution in [-0.4, -0.2) is 42.0 Å². The molecule has 0 bridgehead atoms. The zero-order valence-electron chi connectivity index (χ0n) is 13.4. The van der Waals surface area contributed by atoms with Crippen molar-refractivity contribution in [2.75, 3.05) is 13.2 Å². The molecule has 0 spiro atoms. The number of ether oxygens (including phenoxy) is 1. The molecule has 124 valence electrons. The van der Waals surface area contributed by atoms with Crippen LogP contribution in [0.25, 0.3) is 0 Å². The zero-order valence-corrected chi connectivity index (χ0v) is 13.4. The third-order valence-electron chi connectivity index (χ3n) is 4.62. The average molecular weight is 316 g/mol. The van der Waals surface area contributed by atoms with Gasteiger partial charge in [-0.15, -0.1) is 0 Å². The number of nitrogens with zero attached hydrogens (tertiary/aromatic N) is 1. The highest BCUT2D eigenvalue weighted by molar-refractivity contribution is 5.82. The number of amides is 2. The van der Waals surface area contributed by atoms with Crippen molar-refractivity contribution in [2.45, 2.75) is 50.8 Å². The quantitative estimate of drug-likeness (QED) is 0.871. The predicted molar refractivity (Wildman–Crippen MR) is 86.6 cm³/mol. The SMILES string of the molecule is O=C(CC1CCC(=O)N1Cc1ccccc1)NCC1CCCO1. The maximum atomic E-state index is 12.2. The van der Waals surface area contributed by atoms with Crippen LogP contribution in [-0.2, 0) is 20.9 Å². The van der Waals surface area contributed by atoms with Gasteiger partial charge in [-0.1, -0.05) is 30.3 Å². The van der Waals surface area contributed by atoms with Crippen molar-refractivity contribution in [3.05, 3.63) is 35.9 Å². The monoisotopic (exact) mass is 316 g/mol. The summed E-state index contributed by atoms with van der Waals surface area (Å²) in [6.45, 7) is 1.96. The molecule has 23 heavy (non-hydrogen) atoms. The van der Waals surface area contributed by atoms with E-state index in [-0.39, 0.29) is 24.0 Å². The molecule has 2 aliphatic heterocycles. The summed E-state index contributed by atoms with van der Waals surface area (Å²) < 4.78 is 5.51. The van der Waals surface area contributed by atoms with Crippen LogP contribution in [0.5, 0.6) is 0 Å². The maximum Gasteiger partial charge on any atom is 0.223 e. The second-order valence-electron chi connectivity index (χ2n) is 6.34. The Morgan fingerprint density at radius 1 is 1.26 bits per heavy atom. The first-order valence-corrected chi connectivity index (χ1v) is 8.44. The van der Waals surface area contributed by atoms with Crippen molar-refractivity contribution in [3.8, 4) is 0 Å². The van der Waals surface area contributed by atoms with Crippen molar-refractivity contribution in [1.82, 2.24) is 10.2 Å². The largest absolute Gasteiger partial charge is 0.376 e. The summed E-state index contributed by atoms with van der Waals surface area (Å²) in [4.78, 5) is 26.1. The Kier molecular flexibility index (Phi) is 5.28. The fraction of sp³-hybridized carbons (Fsp3) is 0.556. The van der Waals surface area contributed by atoms with Gasteiger partial charge in [0.05, 0.1) is 6.10 Å². The van der Waals surface area contributed by atoms with Gasteiger partial charge >= 0.3 is 0 Å². The van der Waals surface area contributed by atoms with Crippen LogP contribution in [0, 0.1) is 0 Å². The molecule has 1 aromatic rings. The molecule has 2 aliphatic rings. The predicted octanol–water partition coefficient (Wildman–Crippen LogP) is 1.86. The van der Waals surface area contributed by atoms with E-state index in [1.165, 1.54) is 0 Å². The van der Waals surface area contributed by atoms with Crippen molar-refractivity contribution in [2.24, 2.45) is 0 Å². The number of benzene rings is 1. The van der Waals surface area contributed by atoms with E-state index < -0.39 is 0 Å². The molecule has 2 saturated heterocycles. The molecular formula is C18H24N2O3. The maximum absolute atomic E-state index is 12.2. The van der Waals surface area contributed by atoms with E-state index in [9.17, 15) is 9.59 Å². The lowest BCUT2D eigenvalue weighted by atomic mass is 10.1. The Labute approximate surface area is 137 Å². The third-order valence-corrected chi connectivity index (χ3v) is 4.62. The summed E-state index contributed by atoms with van der Waals surface area (Å²) in [5.74, 6) is 0.157. The lowest BCUT2D eigenvalue weighted by Crippen LogP contribution is -2.38. The van der Waals surface area contributed by atoms with E-state index in [1.54, 1.807) is 0 Å². The molecule has 3 rings (SSSR count). The van der Waals surface area contributed by atoms with E-state index >= 15 is 0 Å². The van der Waals surface area contributed by atoms with Gasteiger partial charge in [-0.3, -0.25) is 9.59 Å². The van der Waals surface area contributed by atoms with Crippen LogP contribution in [0.1, 0.15) is 37.7 Å². The number of hydrogen-bond acceptors (Lipinski definition) is 3. The van der Waals surface area contributed by atoms with Crippen LogP contribution in [0.3, 0.4) is 0 Å². The van der Waals surface area contributed by atoms with Crippen LogP contribution in [0.4, 0.5) is 0 Å². The summed E-state index contributed by atoms with van der Waals surface area (Å²) in [6, 6.07) is 9.94. The lowest BCUT2D eigenvalue weighted by molar-refractivity contribution is -0.130. The molecule has 0 saturated carbocycles. The van der Waals surface area contributed by atoms with Gasteiger partial charge in [-0.2, -0.15) is 0 Å². The standard InChI is InChI=1S/C18H24N2O3/c21-17(19-12-16-7-4-10-23-16)11-15-8-9-18(22)20(15)13-14-5-2-1-3-6-14/h1-3,5-6,15-16H,4,7-13H2,(H,19,21). The van der Waals surface area contributed by atoms with E-state index in [0.29, 0.717) is 25.9 Å². The normalized spacial score (nSPS) is 24.2. The van der Waals surface area contributed by atoms with Crippen molar-refractivity contribution < 1.29 is 14.3 Å². The summed E-state index contributed by atoms with van der Waals surface area (Å²) in [5.41, 5.74) is 1.10. The summed E-state index contributed by atoms with van der Waals surface area (Å²) in [6.07, 6.45) is 3.93. The average Bonchev–Trinajstić information content (AvgIpc) is 3.19. The Morgan fingerprint density at radius 3 is 2.83 bits per heavy atom. The van der Waals surface area contributed by atoms with E-state index in [1.807, 2.05) is 35.2 Å². The molecule has 0 aromatic heterocycles. The number of carbonyl (C=O) groups is 2. The first-order valence-electron chi connectivity index (χ1n) is 8.44. The number of nitrogens with one attached hydrogen (secondary N) is 1. The summed E-state index contributed by atoms with van der Waals surface area (Å²) in [7, 11) is 0. The fourth-order valence-corrected chi connectivity index (χ4v) is 3.32. The number of rotatable bonds is 6. The molecule has 5 heteroatoms. The van der Waals surface area contributed by atoms with Crippen molar-refractivity contribution in [1.29, 1.82) is 0 Å². The molecule has 2 heterocycles. The smallest absolute Gasteiger partial charge is 0.223 e. The van der Waals surface area contributed by atoms with Gasteiger partial charge in [0.15, 0.2) is 0 Å². The number of carbonyl (C=O) groups excluding carboxylic acids is 2. The third kappa shape index (κ3) is 4.32. The van der Waals surface area contributed by atoms with Crippen LogP contribution in [0.2, 0.25) is 0 Å². The van der Waals surface area contributed by atoms with Crippen molar-refractivity contribution >= 4 is 11.8 Å². The Hall–Kier alpha value is -1.88. The molecule has 1 N–H and O–H groups in total. The highest BCUT2D eigenvalue weighted by atomic mass is 16.5. The van der Waals surface area contributed by atoms with Gasteiger partial charge in [0.2, 0.25) is 11.8 Å². The zero-order chi connectivity index (χ0) is 16.1. The molecule has 0 radical (unpaired) electrons. The molecule has 2 fully saturated rings. The van der Waals surface area contributed by atoms with Gasteiger partial charge in [-0.05, 0) is 24.8 Å². The molecule has 2 amide bonds. The molecule has 2 atom stereocenters. The van der Waals surface area contributed by atoms with Gasteiger partial charge < -0.3 is 15.0 Å². The second-order valence-corrected chi connectivity index (χ2v) is 6.34. The summed E-state index contributed by atoms with van der Waals surface area (Å²) in [5, 5.41) is 2.95.